The van der Waals surface area contributed by atoms with Crippen molar-refractivity contribution >= 4 is 40.5 Å². The van der Waals surface area contributed by atoms with Gasteiger partial charge in [0.25, 0.3) is 0 Å². The molecule has 0 spiro atoms. The van der Waals surface area contributed by atoms with E-state index in [1.165, 1.54) is 37.4 Å². The third-order valence-electron chi connectivity index (χ3n) is 4.71. The van der Waals surface area contributed by atoms with Gasteiger partial charge < -0.3 is 9.84 Å². The van der Waals surface area contributed by atoms with Crippen molar-refractivity contribution in [3.8, 4) is 5.75 Å². The van der Waals surface area contributed by atoms with E-state index >= 15 is 0 Å². The fourth-order valence-corrected chi connectivity index (χ4v) is 3.61. The lowest BCUT2D eigenvalue weighted by Crippen LogP contribution is -2.30. The summed E-state index contributed by atoms with van der Waals surface area (Å²) in [5, 5.41) is 10.2. The smallest absolute Gasteiger partial charge is 0.238 e. The Labute approximate surface area is 163 Å². The second kappa shape index (κ2) is 6.28. The van der Waals surface area contributed by atoms with Crippen molar-refractivity contribution < 1.29 is 29.0 Å². The number of ether oxygens (including phenoxy) is 1. The number of hydrogen-bond acceptors (Lipinski definition) is 6. The molecule has 0 saturated carbocycles. The van der Waals surface area contributed by atoms with Crippen LogP contribution >= 0.6 is 11.6 Å². The maximum atomic E-state index is 13.0. The molecule has 2 aliphatic carbocycles. The number of fused-ring (bicyclic) bond motifs is 2. The van der Waals surface area contributed by atoms with Gasteiger partial charge in [0, 0.05) is 22.3 Å². The summed E-state index contributed by atoms with van der Waals surface area (Å²) in [7, 11) is 1.40. The summed E-state index contributed by atoms with van der Waals surface area (Å²) < 4.78 is 5.04. The molecule has 138 valence electrons. The second-order valence-corrected chi connectivity index (χ2v) is 6.56. The number of halogens is 1. The number of hydrogen-bond donors (Lipinski definition) is 1. The molecule has 0 heterocycles. The zero-order valence-corrected chi connectivity index (χ0v) is 15.2. The lowest BCUT2D eigenvalue weighted by Gasteiger charge is -2.23. The molecule has 1 N–H and O–H groups in total. The summed E-state index contributed by atoms with van der Waals surface area (Å²) in [4.78, 5) is 50.9. The molecular formula is C21H11ClO6. The molecule has 0 aromatic heterocycles. The average molecular weight is 395 g/mol. The first-order chi connectivity index (χ1) is 13.4. The van der Waals surface area contributed by atoms with E-state index in [1.807, 2.05) is 0 Å². The number of benzene rings is 2. The SMILES string of the molecule is COc1ccc2c(c1)C(=O)C(=O)C(C1=C(Cl)C(=O)c3ccccc3C1=O)=C2O. The summed E-state index contributed by atoms with van der Waals surface area (Å²) in [6.07, 6.45) is 0. The van der Waals surface area contributed by atoms with E-state index in [9.17, 15) is 24.3 Å². The van der Waals surface area contributed by atoms with Crippen molar-refractivity contribution in [2.24, 2.45) is 0 Å². The first kappa shape index (κ1) is 17.9. The minimum Gasteiger partial charge on any atom is -0.506 e. The van der Waals surface area contributed by atoms with E-state index in [2.05, 4.69) is 0 Å². The van der Waals surface area contributed by atoms with Crippen LogP contribution < -0.4 is 4.74 Å². The van der Waals surface area contributed by atoms with Gasteiger partial charge in [-0.1, -0.05) is 35.9 Å². The summed E-state index contributed by atoms with van der Waals surface area (Å²) in [6.45, 7) is 0. The predicted molar refractivity (Wildman–Crippen MR) is 99.9 cm³/mol. The predicted octanol–water partition coefficient (Wildman–Crippen LogP) is 3.30. The van der Waals surface area contributed by atoms with E-state index in [-0.39, 0.29) is 22.3 Å². The third kappa shape index (κ3) is 2.35. The quantitative estimate of drug-likeness (QED) is 0.785. The van der Waals surface area contributed by atoms with Gasteiger partial charge in [0.15, 0.2) is 5.78 Å². The maximum absolute atomic E-state index is 13.0. The molecule has 0 amide bonds. The van der Waals surface area contributed by atoms with Crippen LogP contribution in [0.25, 0.3) is 5.76 Å². The van der Waals surface area contributed by atoms with Gasteiger partial charge in [-0.25, -0.2) is 0 Å². The van der Waals surface area contributed by atoms with E-state index < -0.39 is 45.1 Å². The van der Waals surface area contributed by atoms with Crippen LogP contribution in [0.2, 0.25) is 0 Å². The fraction of sp³-hybridized carbons (Fsp3) is 0.0476. The highest BCUT2D eigenvalue weighted by Gasteiger charge is 2.42. The highest BCUT2D eigenvalue weighted by Crippen LogP contribution is 2.39. The van der Waals surface area contributed by atoms with Crippen molar-refractivity contribution in [3.63, 3.8) is 0 Å². The lowest BCUT2D eigenvalue weighted by molar-refractivity contribution is -0.111. The number of carbonyl (C=O) groups excluding carboxylic acids is 4. The minimum absolute atomic E-state index is 0.0491. The molecule has 7 heteroatoms. The Balaban J connectivity index is 1.99. The number of allylic oxidation sites excluding steroid dienone is 3. The summed E-state index contributed by atoms with van der Waals surface area (Å²) in [6, 6.07) is 10.2. The largest absolute Gasteiger partial charge is 0.506 e. The first-order valence-corrected chi connectivity index (χ1v) is 8.53. The standard InChI is InChI=1S/C21H11ClO6/c1-28-9-6-7-12-13(8-9)20(26)21(27)15(18(12)24)14-16(22)19(25)11-5-3-2-4-10(11)17(14)23/h2-8,24H,1H3. The van der Waals surface area contributed by atoms with Crippen molar-refractivity contribution in [2.45, 2.75) is 0 Å². The number of rotatable bonds is 2. The first-order valence-electron chi connectivity index (χ1n) is 8.16. The topological polar surface area (TPSA) is 97.7 Å². The van der Waals surface area contributed by atoms with Gasteiger partial charge in [0.05, 0.1) is 18.3 Å². The normalized spacial score (nSPS) is 16.4. The Hall–Kier alpha value is -3.51. The van der Waals surface area contributed by atoms with Crippen LogP contribution in [0, 0.1) is 0 Å². The number of methoxy groups -OCH3 is 1. The Morgan fingerprint density at radius 1 is 0.750 bits per heavy atom. The van der Waals surface area contributed by atoms with E-state index in [0.717, 1.165) is 0 Å². The van der Waals surface area contributed by atoms with Gasteiger partial charge in [0.1, 0.15) is 16.5 Å². The summed E-state index contributed by atoms with van der Waals surface area (Å²) >= 11 is 6.12. The van der Waals surface area contributed by atoms with Gasteiger partial charge >= 0.3 is 0 Å². The molecule has 0 radical (unpaired) electrons. The molecule has 0 bridgehead atoms. The molecule has 0 unspecified atom stereocenters. The van der Waals surface area contributed by atoms with Crippen LogP contribution in [-0.2, 0) is 4.79 Å². The highest BCUT2D eigenvalue weighted by atomic mass is 35.5. The van der Waals surface area contributed by atoms with Crippen LogP contribution in [0.4, 0.5) is 0 Å². The number of aliphatic hydroxyl groups excluding tert-OH is 1. The Bertz CT molecular complexity index is 1190. The van der Waals surface area contributed by atoms with Crippen LogP contribution in [0.15, 0.2) is 58.6 Å². The Morgan fingerprint density at radius 3 is 2.04 bits per heavy atom. The van der Waals surface area contributed by atoms with Crippen LogP contribution in [-0.4, -0.2) is 35.3 Å². The molecule has 2 aromatic rings. The molecular weight excluding hydrogens is 384 g/mol. The maximum Gasteiger partial charge on any atom is 0.238 e. The van der Waals surface area contributed by atoms with Crippen LogP contribution in [0.3, 0.4) is 0 Å². The second-order valence-electron chi connectivity index (χ2n) is 6.19. The zero-order valence-electron chi connectivity index (χ0n) is 14.4. The Morgan fingerprint density at radius 2 is 1.39 bits per heavy atom. The molecule has 4 rings (SSSR count). The molecule has 0 aliphatic heterocycles. The zero-order chi connectivity index (χ0) is 20.2. The lowest BCUT2D eigenvalue weighted by atomic mass is 9.79. The minimum atomic E-state index is -1.12. The summed E-state index contributed by atoms with van der Waals surface area (Å²) in [5.41, 5.74) is -0.897. The van der Waals surface area contributed by atoms with Gasteiger partial charge in [0.2, 0.25) is 17.3 Å². The molecule has 0 saturated heterocycles. The van der Waals surface area contributed by atoms with Gasteiger partial charge in [-0.05, 0) is 18.2 Å². The van der Waals surface area contributed by atoms with Gasteiger partial charge in [-0.2, -0.15) is 0 Å². The monoisotopic (exact) mass is 394 g/mol. The highest BCUT2D eigenvalue weighted by molar-refractivity contribution is 6.57. The number of carbonyl (C=O) groups is 4. The third-order valence-corrected chi connectivity index (χ3v) is 5.07. The number of ketones is 4. The molecule has 6 nitrogen and oxygen atoms in total. The molecule has 0 atom stereocenters. The Kier molecular flexibility index (Phi) is 4.01. The van der Waals surface area contributed by atoms with Crippen molar-refractivity contribution in [2.75, 3.05) is 7.11 Å². The molecule has 2 aromatic carbocycles. The van der Waals surface area contributed by atoms with E-state index in [1.54, 1.807) is 12.1 Å². The van der Waals surface area contributed by atoms with Gasteiger partial charge in [-0.3, -0.25) is 19.2 Å². The number of Topliss-reactive ketones (excluding diaryl/α,β-unsaturated/α-hetero) is 4. The van der Waals surface area contributed by atoms with Crippen molar-refractivity contribution in [1.82, 2.24) is 0 Å². The van der Waals surface area contributed by atoms with E-state index in [4.69, 9.17) is 16.3 Å². The van der Waals surface area contributed by atoms with Gasteiger partial charge in [-0.15, -0.1) is 0 Å². The van der Waals surface area contributed by atoms with Crippen molar-refractivity contribution in [1.29, 1.82) is 0 Å². The van der Waals surface area contributed by atoms with Crippen LogP contribution in [0.1, 0.15) is 36.6 Å². The molecule has 0 fully saturated rings. The fourth-order valence-electron chi connectivity index (χ4n) is 3.32. The average Bonchev–Trinajstić information content (AvgIpc) is 2.72. The van der Waals surface area contributed by atoms with E-state index in [0.29, 0.717) is 5.75 Å². The van der Waals surface area contributed by atoms with Crippen LogP contribution in [0.5, 0.6) is 5.75 Å². The molecule has 28 heavy (non-hydrogen) atoms. The summed E-state index contributed by atoms with van der Waals surface area (Å²) in [5.74, 6) is -3.68. The van der Waals surface area contributed by atoms with Crippen molar-refractivity contribution in [3.05, 3.63) is 80.9 Å². The number of aliphatic hydroxyl groups is 1. The molecule has 2 aliphatic rings.